The molecule has 0 rings (SSSR count). The minimum Gasteiger partial charge on any atom is -0.304 e. The van der Waals surface area contributed by atoms with Crippen molar-refractivity contribution in [2.45, 2.75) is 53.1 Å². The fourth-order valence-electron chi connectivity index (χ4n) is 2.38. The molecule has 0 aliphatic rings. The van der Waals surface area contributed by atoms with Crippen LogP contribution in [0.1, 0.15) is 47.0 Å². The Hall–Kier alpha value is -0.670. The molecule has 1 atom stereocenters. The van der Waals surface area contributed by atoms with Gasteiger partial charge >= 0.3 is 6.18 Å². The molecule has 24 heavy (non-hydrogen) atoms. The Morgan fingerprint density at radius 3 is 2.00 bits per heavy atom. The number of Topliss-reactive ketones (excluding diaryl/α,β-unsaturated/α-hetero) is 1. The highest BCUT2D eigenvalue weighted by atomic mass is 32.2. The summed E-state index contributed by atoms with van der Waals surface area (Å²) < 4.78 is 69.3. The largest absolute Gasteiger partial charge is 0.398 e. The van der Waals surface area contributed by atoms with Crippen molar-refractivity contribution in [1.82, 2.24) is 4.90 Å². The zero-order valence-electron chi connectivity index (χ0n) is 14.7. The predicted molar refractivity (Wildman–Crippen MR) is 86.4 cm³/mol. The molecular weight excluding hydrogens is 347 g/mol. The minimum absolute atomic E-state index is 0.186. The molecule has 0 unspecified atom stereocenters. The molecular formula is C15H28F3NO4S. The van der Waals surface area contributed by atoms with Crippen molar-refractivity contribution in [1.29, 1.82) is 0 Å². The van der Waals surface area contributed by atoms with E-state index >= 15 is 0 Å². The summed E-state index contributed by atoms with van der Waals surface area (Å²) in [6.45, 7) is 7.49. The fraction of sp³-hybridized carbons (Fsp3) is 0.933. The Morgan fingerprint density at radius 1 is 1.12 bits per heavy atom. The lowest BCUT2D eigenvalue weighted by molar-refractivity contribution is -0.187. The van der Waals surface area contributed by atoms with Crippen LogP contribution in [-0.2, 0) is 14.9 Å². The van der Waals surface area contributed by atoms with Gasteiger partial charge in [-0.2, -0.15) is 21.6 Å². The smallest absolute Gasteiger partial charge is 0.304 e. The molecule has 0 spiro atoms. The van der Waals surface area contributed by atoms with E-state index in [1.54, 1.807) is 4.90 Å². The van der Waals surface area contributed by atoms with Crippen molar-refractivity contribution in [2.75, 3.05) is 25.4 Å². The number of halogens is 3. The lowest BCUT2D eigenvalue weighted by atomic mass is 9.81. The number of rotatable bonds is 10. The molecule has 9 heteroatoms. The van der Waals surface area contributed by atoms with E-state index in [0.717, 1.165) is 0 Å². The Kier molecular flexibility index (Phi) is 8.89. The number of hydrogen-bond donors (Lipinski definition) is 1. The Labute approximate surface area is 142 Å². The second-order valence-corrected chi connectivity index (χ2v) is 8.50. The Bertz CT molecular complexity index is 498. The molecule has 0 amide bonds. The second kappa shape index (κ2) is 9.15. The third-order valence-corrected chi connectivity index (χ3v) is 4.55. The molecule has 0 fully saturated rings. The zero-order valence-corrected chi connectivity index (χ0v) is 15.5. The van der Waals surface area contributed by atoms with Crippen LogP contribution in [0.2, 0.25) is 0 Å². The maximum absolute atomic E-state index is 13.1. The maximum Gasteiger partial charge on any atom is 0.398 e. The summed E-state index contributed by atoms with van der Waals surface area (Å²) in [4.78, 5) is 13.8. The van der Waals surface area contributed by atoms with Crippen molar-refractivity contribution in [3.63, 3.8) is 0 Å². The van der Waals surface area contributed by atoms with Crippen molar-refractivity contribution in [2.24, 2.45) is 11.3 Å². The van der Waals surface area contributed by atoms with Gasteiger partial charge in [-0.05, 0) is 38.9 Å². The van der Waals surface area contributed by atoms with Crippen molar-refractivity contribution in [3.8, 4) is 0 Å². The van der Waals surface area contributed by atoms with E-state index in [1.165, 1.54) is 20.8 Å². The molecule has 0 aliphatic carbocycles. The van der Waals surface area contributed by atoms with Gasteiger partial charge in [0, 0.05) is 5.41 Å². The quantitative estimate of drug-likeness (QED) is 0.594. The first-order valence-corrected chi connectivity index (χ1v) is 9.58. The van der Waals surface area contributed by atoms with E-state index in [4.69, 9.17) is 4.55 Å². The summed E-state index contributed by atoms with van der Waals surface area (Å²) in [6, 6.07) is 0. The van der Waals surface area contributed by atoms with E-state index in [9.17, 15) is 26.4 Å². The van der Waals surface area contributed by atoms with Crippen LogP contribution < -0.4 is 0 Å². The number of ketones is 1. The minimum atomic E-state index is -4.56. The summed E-state index contributed by atoms with van der Waals surface area (Å²) in [7, 11) is -4.03. The molecule has 0 saturated heterocycles. The van der Waals surface area contributed by atoms with E-state index in [2.05, 4.69) is 0 Å². The molecule has 1 N–H and O–H groups in total. The molecule has 0 aromatic carbocycles. The molecule has 0 bridgehead atoms. The monoisotopic (exact) mass is 375 g/mol. The van der Waals surface area contributed by atoms with Gasteiger partial charge in [0.25, 0.3) is 10.1 Å². The molecule has 0 saturated carbocycles. The van der Waals surface area contributed by atoms with E-state index in [1.807, 2.05) is 6.92 Å². The second-order valence-electron chi connectivity index (χ2n) is 6.92. The van der Waals surface area contributed by atoms with Gasteiger partial charge in [0.15, 0.2) is 0 Å². The molecule has 0 heterocycles. The zero-order chi connectivity index (χ0) is 19.2. The van der Waals surface area contributed by atoms with Gasteiger partial charge in [0.1, 0.15) is 11.7 Å². The first kappa shape index (κ1) is 23.3. The van der Waals surface area contributed by atoms with Crippen LogP contribution in [0.3, 0.4) is 0 Å². The number of carbonyl (C=O) groups excluding carboxylic acids is 1. The molecule has 0 aliphatic heterocycles. The number of nitrogens with zero attached hydrogens (tertiary/aromatic N) is 1. The van der Waals surface area contributed by atoms with Gasteiger partial charge in [-0.1, -0.05) is 27.7 Å². The van der Waals surface area contributed by atoms with Crippen molar-refractivity contribution >= 4 is 15.9 Å². The van der Waals surface area contributed by atoms with Crippen LogP contribution in [0, 0.1) is 11.3 Å². The Balaban J connectivity index is 4.56. The fourth-order valence-corrected chi connectivity index (χ4v) is 2.88. The average molecular weight is 375 g/mol. The Morgan fingerprint density at radius 2 is 1.62 bits per heavy atom. The van der Waals surface area contributed by atoms with Gasteiger partial charge in [-0.3, -0.25) is 9.35 Å². The van der Waals surface area contributed by atoms with Gasteiger partial charge in [0.05, 0.1) is 5.75 Å². The number of hydrogen-bond acceptors (Lipinski definition) is 4. The summed E-state index contributed by atoms with van der Waals surface area (Å²) in [5.41, 5.74) is -1.06. The molecule has 144 valence electrons. The third-order valence-electron chi connectivity index (χ3n) is 3.74. The van der Waals surface area contributed by atoms with Crippen LogP contribution in [0.4, 0.5) is 13.2 Å². The summed E-state index contributed by atoms with van der Waals surface area (Å²) >= 11 is 0. The SMILES string of the molecule is CCN(CCC[C@H](C(=O)C(C)(C)C)C(F)(F)F)CCCS(=O)(=O)O. The normalized spacial score (nSPS) is 14.9. The highest BCUT2D eigenvalue weighted by Gasteiger charge is 2.47. The third kappa shape index (κ3) is 9.58. The highest BCUT2D eigenvalue weighted by Crippen LogP contribution is 2.35. The van der Waals surface area contributed by atoms with Crippen molar-refractivity contribution < 1.29 is 30.9 Å². The first-order valence-electron chi connectivity index (χ1n) is 7.97. The van der Waals surface area contributed by atoms with Crippen molar-refractivity contribution in [3.05, 3.63) is 0 Å². The van der Waals surface area contributed by atoms with Gasteiger partial charge < -0.3 is 4.90 Å². The summed E-state index contributed by atoms with van der Waals surface area (Å²) in [5, 5.41) is 0. The highest BCUT2D eigenvalue weighted by molar-refractivity contribution is 7.85. The standard InChI is InChI=1S/C15H28F3NO4S/c1-5-19(10-7-11-24(21,22)23)9-6-8-12(15(16,17)18)13(20)14(2,3)4/h12H,5-11H2,1-4H3,(H,21,22,23)/t12-/m1/s1. The van der Waals surface area contributed by atoms with Crippen LogP contribution in [-0.4, -0.2) is 55.2 Å². The van der Waals surface area contributed by atoms with E-state index in [0.29, 0.717) is 19.6 Å². The molecule has 0 aromatic heterocycles. The van der Waals surface area contributed by atoms with Crippen LogP contribution >= 0.6 is 0 Å². The maximum atomic E-state index is 13.1. The number of alkyl halides is 3. The summed E-state index contributed by atoms with van der Waals surface area (Å²) in [5.74, 6) is -3.17. The summed E-state index contributed by atoms with van der Waals surface area (Å²) in [6.07, 6.45) is -4.46. The average Bonchev–Trinajstić information content (AvgIpc) is 2.37. The first-order chi connectivity index (χ1) is 10.7. The van der Waals surface area contributed by atoms with Crippen LogP contribution in [0.5, 0.6) is 0 Å². The van der Waals surface area contributed by atoms with Gasteiger partial charge in [0.2, 0.25) is 0 Å². The van der Waals surface area contributed by atoms with Crippen LogP contribution in [0.15, 0.2) is 0 Å². The molecule has 5 nitrogen and oxygen atoms in total. The number of carbonyl (C=O) groups is 1. The molecule has 0 aromatic rings. The van der Waals surface area contributed by atoms with Crippen LogP contribution in [0.25, 0.3) is 0 Å². The molecule has 0 radical (unpaired) electrons. The van der Waals surface area contributed by atoms with Gasteiger partial charge in [-0.25, -0.2) is 0 Å². The van der Waals surface area contributed by atoms with E-state index < -0.39 is 33.4 Å². The lowest BCUT2D eigenvalue weighted by Gasteiger charge is -2.27. The topological polar surface area (TPSA) is 74.7 Å². The predicted octanol–water partition coefficient (Wildman–Crippen LogP) is 3.16. The van der Waals surface area contributed by atoms with E-state index in [-0.39, 0.29) is 25.0 Å². The van der Waals surface area contributed by atoms with Gasteiger partial charge in [-0.15, -0.1) is 0 Å². The lowest BCUT2D eigenvalue weighted by Crippen LogP contribution is -2.38.